The molecule has 2 rings (SSSR count). The van der Waals surface area contributed by atoms with Crippen LogP contribution in [0.5, 0.6) is 0 Å². The van der Waals surface area contributed by atoms with E-state index in [-0.39, 0.29) is 5.91 Å². The zero-order valence-corrected chi connectivity index (χ0v) is 13.1. The van der Waals surface area contributed by atoms with Gasteiger partial charge >= 0.3 is 0 Å². The lowest BCUT2D eigenvalue weighted by atomic mass is 9.77. The van der Waals surface area contributed by atoms with E-state index in [0.717, 1.165) is 19.6 Å². The van der Waals surface area contributed by atoms with Crippen molar-refractivity contribution in [2.75, 3.05) is 19.6 Å². The first-order valence-electron chi connectivity index (χ1n) is 8.32. The Morgan fingerprint density at radius 1 is 1.10 bits per heavy atom. The second kappa shape index (κ2) is 8.83. The van der Waals surface area contributed by atoms with Crippen molar-refractivity contribution in [1.82, 2.24) is 10.6 Å². The van der Waals surface area contributed by atoms with Crippen LogP contribution in [0.4, 0.5) is 0 Å². The van der Waals surface area contributed by atoms with Gasteiger partial charge in [0.1, 0.15) is 0 Å². The maximum Gasteiger partial charge on any atom is 0.220 e. The molecule has 0 bridgehead atoms. The topological polar surface area (TPSA) is 41.1 Å². The van der Waals surface area contributed by atoms with E-state index >= 15 is 0 Å². The number of nitrogens with one attached hydrogen (secondary N) is 2. The maximum absolute atomic E-state index is 11.9. The van der Waals surface area contributed by atoms with Gasteiger partial charge in [-0.25, -0.2) is 0 Å². The molecule has 0 aliphatic heterocycles. The Hall–Kier alpha value is -1.35. The summed E-state index contributed by atoms with van der Waals surface area (Å²) in [5, 5.41) is 6.22. The number of rotatable bonds is 7. The molecular formula is C18H28N2O. The molecule has 0 saturated heterocycles. The molecule has 1 aromatic rings. The van der Waals surface area contributed by atoms with Crippen molar-refractivity contribution in [1.29, 1.82) is 0 Å². The molecule has 0 aromatic heterocycles. The first kappa shape index (κ1) is 16.0. The van der Waals surface area contributed by atoms with E-state index in [1.54, 1.807) is 0 Å². The van der Waals surface area contributed by atoms with Crippen LogP contribution in [0.3, 0.4) is 0 Å². The molecular weight excluding hydrogens is 260 g/mol. The number of carbonyl (C=O) groups is 1. The number of likely N-dealkylation sites (N-methyl/N-ethyl adjacent to an activating group) is 1. The largest absolute Gasteiger partial charge is 0.355 e. The molecule has 0 radical (unpaired) electrons. The quantitative estimate of drug-likeness (QED) is 0.757. The molecule has 1 saturated carbocycles. The number of benzene rings is 1. The lowest BCUT2D eigenvalue weighted by Gasteiger charge is -2.28. The molecule has 0 unspecified atom stereocenters. The highest BCUT2D eigenvalue weighted by Crippen LogP contribution is 2.36. The first-order valence-corrected chi connectivity index (χ1v) is 8.32. The van der Waals surface area contributed by atoms with Crippen LogP contribution in [0.2, 0.25) is 0 Å². The minimum Gasteiger partial charge on any atom is -0.355 e. The van der Waals surface area contributed by atoms with E-state index in [0.29, 0.717) is 18.3 Å². The molecule has 21 heavy (non-hydrogen) atoms. The Bertz CT molecular complexity index is 410. The molecule has 1 fully saturated rings. The summed E-state index contributed by atoms with van der Waals surface area (Å²) in [7, 11) is 0. The Labute approximate surface area is 128 Å². The first-order chi connectivity index (χ1) is 10.3. The van der Waals surface area contributed by atoms with Gasteiger partial charge in [0.15, 0.2) is 0 Å². The van der Waals surface area contributed by atoms with E-state index in [1.165, 1.54) is 31.2 Å². The van der Waals surface area contributed by atoms with E-state index in [9.17, 15) is 4.79 Å². The van der Waals surface area contributed by atoms with Gasteiger partial charge in [0.05, 0.1) is 0 Å². The average Bonchev–Trinajstić information content (AvgIpc) is 2.53. The number of hydrogen-bond donors (Lipinski definition) is 2. The average molecular weight is 288 g/mol. The van der Waals surface area contributed by atoms with Gasteiger partial charge in [-0.15, -0.1) is 0 Å². The molecule has 1 amide bonds. The van der Waals surface area contributed by atoms with Crippen molar-refractivity contribution in [2.45, 2.75) is 44.9 Å². The Morgan fingerprint density at radius 3 is 2.48 bits per heavy atom. The zero-order chi connectivity index (χ0) is 14.9. The maximum atomic E-state index is 11.9. The van der Waals surface area contributed by atoms with E-state index in [2.05, 4.69) is 47.9 Å². The van der Waals surface area contributed by atoms with Crippen LogP contribution in [0, 0.1) is 5.92 Å². The molecule has 1 aromatic carbocycles. The SMILES string of the molecule is CCNCCNC(=O)CC1CCC(c2ccccc2)CC1. The molecule has 1 aliphatic rings. The molecule has 0 heterocycles. The van der Waals surface area contributed by atoms with Crippen LogP contribution in [0.15, 0.2) is 30.3 Å². The standard InChI is InChI=1S/C18H28N2O/c1-2-19-12-13-20-18(21)14-15-8-10-17(11-9-15)16-6-4-3-5-7-16/h3-7,15,17,19H,2,8-14H2,1H3,(H,20,21). The predicted molar refractivity (Wildman–Crippen MR) is 87.3 cm³/mol. The summed E-state index contributed by atoms with van der Waals surface area (Å²) in [6, 6.07) is 10.8. The lowest BCUT2D eigenvalue weighted by Crippen LogP contribution is -2.33. The number of carbonyl (C=O) groups excluding carboxylic acids is 1. The summed E-state index contributed by atoms with van der Waals surface area (Å²) in [6.45, 7) is 4.64. The van der Waals surface area contributed by atoms with Gasteiger partial charge in [0.2, 0.25) is 5.91 Å². The van der Waals surface area contributed by atoms with Gasteiger partial charge in [-0.3, -0.25) is 4.79 Å². The van der Waals surface area contributed by atoms with Crippen LogP contribution < -0.4 is 10.6 Å². The summed E-state index contributed by atoms with van der Waals surface area (Å²) < 4.78 is 0. The molecule has 1 aliphatic carbocycles. The van der Waals surface area contributed by atoms with E-state index in [1.807, 2.05) is 0 Å². The van der Waals surface area contributed by atoms with Gasteiger partial charge in [-0.2, -0.15) is 0 Å². The van der Waals surface area contributed by atoms with Crippen molar-refractivity contribution in [3.8, 4) is 0 Å². The Morgan fingerprint density at radius 2 is 1.81 bits per heavy atom. The predicted octanol–water partition coefficient (Wildman–Crippen LogP) is 3.08. The van der Waals surface area contributed by atoms with Gasteiger partial charge in [0.25, 0.3) is 0 Å². The van der Waals surface area contributed by atoms with Crippen LogP contribution >= 0.6 is 0 Å². The zero-order valence-electron chi connectivity index (χ0n) is 13.1. The smallest absolute Gasteiger partial charge is 0.220 e. The van der Waals surface area contributed by atoms with Gasteiger partial charge in [0, 0.05) is 19.5 Å². The fraction of sp³-hybridized carbons (Fsp3) is 0.611. The summed E-state index contributed by atoms with van der Waals surface area (Å²) in [5.74, 6) is 1.49. The third-order valence-corrected chi connectivity index (χ3v) is 4.47. The Kier molecular flexibility index (Phi) is 6.74. The van der Waals surface area contributed by atoms with Crippen molar-refractivity contribution in [2.24, 2.45) is 5.92 Å². The van der Waals surface area contributed by atoms with E-state index in [4.69, 9.17) is 0 Å². The summed E-state index contributed by atoms with van der Waals surface area (Å²) in [4.78, 5) is 11.9. The number of hydrogen-bond acceptors (Lipinski definition) is 2. The van der Waals surface area contributed by atoms with Gasteiger partial charge < -0.3 is 10.6 Å². The van der Waals surface area contributed by atoms with Crippen molar-refractivity contribution >= 4 is 5.91 Å². The minimum atomic E-state index is 0.219. The summed E-state index contributed by atoms with van der Waals surface area (Å²) >= 11 is 0. The van der Waals surface area contributed by atoms with E-state index < -0.39 is 0 Å². The summed E-state index contributed by atoms with van der Waals surface area (Å²) in [6.07, 6.45) is 5.51. The fourth-order valence-electron chi connectivity index (χ4n) is 3.23. The second-order valence-corrected chi connectivity index (χ2v) is 6.04. The molecule has 3 nitrogen and oxygen atoms in total. The lowest BCUT2D eigenvalue weighted by molar-refractivity contribution is -0.122. The third kappa shape index (κ3) is 5.50. The molecule has 116 valence electrons. The summed E-state index contributed by atoms with van der Waals surface area (Å²) in [5.41, 5.74) is 1.46. The molecule has 2 N–H and O–H groups in total. The van der Waals surface area contributed by atoms with Gasteiger partial charge in [-0.05, 0) is 49.6 Å². The van der Waals surface area contributed by atoms with Crippen LogP contribution in [0.1, 0.15) is 50.5 Å². The highest BCUT2D eigenvalue weighted by atomic mass is 16.1. The van der Waals surface area contributed by atoms with Crippen LogP contribution in [-0.2, 0) is 4.79 Å². The van der Waals surface area contributed by atoms with Gasteiger partial charge in [-0.1, -0.05) is 37.3 Å². The third-order valence-electron chi connectivity index (χ3n) is 4.47. The fourth-order valence-corrected chi connectivity index (χ4v) is 3.23. The normalized spacial score (nSPS) is 22.0. The highest BCUT2D eigenvalue weighted by molar-refractivity contribution is 5.76. The van der Waals surface area contributed by atoms with Crippen molar-refractivity contribution in [3.05, 3.63) is 35.9 Å². The molecule has 3 heteroatoms. The number of amides is 1. The monoisotopic (exact) mass is 288 g/mol. The Balaban J connectivity index is 1.66. The van der Waals surface area contributed by atoms with Crippen LogP contribution in [-0.4, -0.2) is 25.5 Å². The molecule has 0 atom stereocenters. The minimum absolute atomic E-state index is 0.219. The highest BCUT2D eigenvalue weighted by Gasteiger charge is 2.23. The van der Waals surface area contributed by atoms with Crippen molar-refractivity contribution < 1.29 is 4.79 Å². The second-order valence-electron chi connectivity index (χ2n) is 6.04. The molecule has 0 spiro atoms. The van der Waals surface area contributed by atoms with Crippen LogP contribution in [0.25, 0.3) is 0 Å². The van der Waals surface area contributed by atoms with Crippen molar-refractivity contribution in [3.63, 3.8) is 0 Å².